The van der Waals surface area contributed by atoms with Crippen molar-refractivity contribution in [3.63, 3.8) is 0 Å². The quantitative estimate of drug-likeness (QED) is 0.561. The molecule has 0 bridgehead atoms. The fourth-order valence-electron chi connectivity index (χ4n) is 5.55. The van der Waals surface area contributed by atoms with Crippen LogP contribution in [0, 0.1) is 5.82 Å². The van der Waals surface area contributed by atoms with Gasteiger partial charge in [0.15, 0.2) is 0 Å². The lowest BCUT2D eigenvalue weighted by atomic mass is 9.89. The lowest BCUT2D eigenvalue weighted by Crippen LogP contribution is -2.59. The van der Waals surface area contributed by atoms with Crippen molar-refractivity contribution in [3.8, 4) is 11.1 Å². The van der Waals surface area contributed by atoms with Gasteiger partial charge in [-0.2, -0.15) is 0 Å². The minimum Gasteiger partial charge on any atom is -0.363 e. The third-order valence-electron chi connectivity index (χ3n) is 7.82. The number of likely N-dealkylation sites (tertiary alicyclic amines) is 1. The summed E-state index contributed by atoms with van der Waals surface area (Å²) in [4.78, 5) is 32.3. The number of fused-ring (bicyclic) bond motifs is 1. The second-order valence-electron chi connectivity index (χ2n) is 10.6. The summed E-state index contributed by atoms with van der Waals surface area (Å²) in [6, 6.07) is 13.5. The van der Waals surface area contributed by atoms with Gasteiger partial charge in [-0.05, 0) is 55.0 Å². The summed E-state index contributed by atoms with van der Waals surface area (Å²) in [5, 5.41) is 3.64. The lowest BCUT2D eigenvalue weighted by molar-refractivity contribution is -0.172. The Morgan fingerprint density at radius 1 is 1.14 bits per heavy atom. The molecule has 3 aliphatic rings. The summed E-state index contributed by atoms with van der Waals surface area (Å²) in [6.07, 6.45) is 5.56. The van der Waals surface area contributed by atoms with Gasteiger partial charge in [0.2, 0.25) is 11.8 Å². The highest BCUT2D eigenvalue weighted by molar-refractivity contribution is 5.92. The molecular weight excluding hydrogens is 471 g/mol. The minimum atomic E-state index is -0.248. The van der Waals surface area contributed by atoms with Crippen molar-refractivity contribution in [3.05, 3.63) is 60.0 Å². The zero-order valence-corrected chi connectivity index (χ0v) is 21.0. The molecule has 6 rings (SSSR count). The molecule has 2 aliphatic heterocycles. The molecule has 8 heteroatoms. The molecule has 3 aromatic rings. The molecule has 2 saturated heterocycles. The number of hydrogen-bond acceptors (Lipinski definition) is 5. The van der Waals surface area contributed by atoms with Gasteiger partial charge in [0.25, 0.3) is 0 Å². The zero-order valence-electron chi connectivity index (χ0n) is 21.0. The van der Waals surface area contributed by atoms with Crippen molar-refractivity contribution in [2.24, 2.45) is 0 Å². The van der Waals surface area contributed by atoms with Gasteiger partial charge in [0.05, 0.1) is 29.5 Å². The first-order valence-electron chi connectivity index (χ1n) is 13.0. The predicted molar refractivity (Wildman–Crippen MR) is 139 cm³/mol. The Labute approximate surface area is 215 Å². The third kappa shape index (κ3) is 5.08. The van der Waals surface area contributed by atoms with Crippen LogP contribution in [-0.2, 0) is 20.9 Å². The Balaban J connectivity index is 1.11. The van der Waals surface area contributed by atoms with Crippen molar-refractivity contribution in [2.45, 2.75) is 50.8 Å². The lowest BCUT2D eigenvalue weighted by Gasteiger charge is -2.47. The maximum atomic E-state index is 15.2. The number of piperidine rings is 1. The Hall–Kier alpha value is -3.36. The normalized spacial score (nSPS) is 19.9. The van der Waals surface area contributed by atoms with E-state index in [0.29, 0.717) is 30.4 Å². The number of rotatable bonds is 5. The summed E-state index contributed by atoms with van der Waals surface area (Å²) in [5.74, 6) is -0.239. The largest absolute Gasteiger partial charge is 0.363 e. The van der Waals surface area contributed by atoms with Crippen LogP contribution in [0.3, 0.4) is 0 Å². The van der Waals surface area contributed by atoms with Crippen LogP contribution in [0.2, 0.25) is 0 Å². The summed E-state index contributed by atoms with van der Waals surface area (Å²) in [6.45, 7) is 4.55. The Bertz CT molecular complexity index is 1360. The zero-order chi connectivity index (χ0) is 25.6. The molecule has 37 heavy (non-hydrogen) atoms. The molecule has 2 amide bonds. The number of amides is 2. The molecule has 1 aromatic heterocycles. The van der Waals surface area contributed by atoms with Crippen molar-refractivity contribution in [1.82, 2.24) is 14.8 Å². The Kier molecular flexibility index (Phi) is 6.16. The number of anilines is 1. The first kappa shape index (κ1) is 24.0. The topological polar surface area (TPSA) is 74.8 Å². The second-order valence-corrected chi connectivity index (χ2v) is 10.6. The molecular formula is C29H31FN4O3. The summed E-state index contributed by atoms with van der Waals surface area (Å²) < 4.78 is 21.2. The number of morpholine rings is 1. The van der Waals surface area contributed by atoms with E-state index in [2.05, 4.69) is 15.2 Å². The standard InChI is InChI=1S/C29H31FN4O3/c1-19(35)32-24-12-22-4-2-21(14-27(22)31-15-24)20-3-5-23(26(30)13-20)16-33-10-8-29(9-11-33)18-34(25-6-7-25)28(36)17-37-29/h2-5,12-15,25H,6-11,16-18H2,1H3,(H,32,35). The van der Waals surface area contributed by atoms with Gasteiger partial charge in [-0.1, -0.05) is 24.3 Å². The summed E-state index contributed by atoms with van der Waals surface area (Å²) >= 11 is 0. The van der Waals surface area contributed by atoms with E-state index < -0.39 is 0 Å². The van der Waals surface area contributed by atoms with Crippen LogP contribution >= 0.6 is 0 Å². The van der Waals surface area contributed by atoms with Crippen molar-refractivity contribution >= 4 is 28.4 Å². The molecule has 1 spiro atoms. The van der Waals surface area contributed by atoms with Crippen LogP contribution in [-0.4, -0.2) is 64.5 Å². The molecule has 7 nitrogen and oxygen atoms in total. The van der Waals surface area contributed by atoms with Gasteiger partial charge >= 0.3 is 0 Å². The van der Waals surface area contributed by atoms with Crippen LogP contribution in [0.15, 0.2) is 48.7 Å². The number of pyridine rings is 1. The van der Waals surface area contributed by atoms with E-state index in [1.807, 2.05) is 41.3 Å². The summed E-state index contributed by atoms with van der Waals surface area (Å²) in [5.41, 5.74) is 3.55. The van der Waals surface area contributed by atoms with Gasteiger partial charge in [-0.15, -0.1) is 0 Å². The number of hydrogen-bond donors (Lipinski definition) is 1. The average Bonchev–Trinajstić information content (AvgIpc) is 3.73. The maximum absolute atomic E-state index is 15.2. The SMILES string of the molecule is CC(=O)Nc1cnc2cc(-c3ccc(CN4CCC5(CC4)CN(C4CC4)C(=O)CO5)c(F)c3)ccc2c1. The summed E-state index contributed by atoms with van der Waals surface area (Å²) in [7, 11) is 0. The van der Waals surface area contributed by atoms with Gasteiger partial charge in [-0.25, -0.2) is 4.39 Å². The fraction of sp³-hybridized carbons (Fsp3) is 0.414. The van der Waals surface area contributed by atoms with Crippen molar-refractivity contribution < 1.29 is 18.7 Å². The second kappa shape index (κ2) is 9.50. The fourth-order valence-corrected chi connectivity index (χ4v) is 5.55. The Morgan fingerprint density at radius 3 is 2.62 bits per heavy atom. The number of halogens is 1. The van der Waals surface area contributed by atoms with E-state index in [0.717, 1.165) is 60.8 Å². The maximum Gasteiger partial charge on any atom is 0.248 e. The number of benzene rings is 2. The van der Waals surface area contributed by atoms with E-state index in [1.165, 1.54) is 6.92 Å². The van der Waals surface area contributed by atoms with Crippen molar-refractivity contribution in [2.75, 3.05) is 31.6 Å². The first-order valence-corrected chi connectivity index (χ1v) is 13.0. The third-order valence-corrected chi connectivity index (χ3v) is 7.82. The number of aromatic nitrogens is 1. The van der Waals surface area contributed by atoms with E-state index in [-0.39, 0.29) is 29.8 Å². The predicted octanol–water partition coefficient (Wildman–Crippen LogP) is 4.36. The molecule has 0 unspecified atom stereocenters. The number of carbonyl (C=O) groups excluding carboxylic acids is 2. The molecule has 1 aliphatic carbocycles. The van der Waals surface area contributed by atoms with E-state index >= 15 is 4.39 Å². The average molecular weight is 503 g/mol. The number of nitrogens with zero attached hydrogens (tertiary/aromatic N) is 3. The highest BCUT2D eigenvalue weighted by Gasteiger charge is 2.46. The molecule has 3 fully saturated rings. The van der Waals surface area contributed by atoms with Gasteiger partial charge in [0, 0.05) is 43.5 Å². The molecule has 1 saturated carbocycles. The van der Waals surface area contributed by atoms with Crippen LogP contribution in [0.1, 0.15) is 38.2 Å². The highest BCUT2D eigenvalue weighted by atomic mass is 19.1. The van der Waals surface area contributed by atoms with Gasteiger partial charge in [0.1, 0.15) is 12.4 Å². The van der Waals surface area contributed by atoms with Crippen LogP contribution in [0.4, 0.5) is 10.1 Å². The molecule has 0 atom stereocenters. The van der Waals surface area contributed by atoms with E-state index in [9.17, 15) is 9.59 Å². The van der Waals surface area contributed by atoms with Crippen LogP contribution < -0.4 is 5.32 Å². The molecule has 2 aromatic carbocycles. The van der Waals surface area contributed by atoms with Crippen LogP contribution in [0.25, 0.3) is 22.0 Å². The molecule has 192 valence electrons. The minimum absolute atomic E-state index is 0.120. The van der Waals surface area contributed by atoms with E-state index in [1.54, 1.807) is 12.3 Å². The monoisotopic (exact) mass is 502 g/mol. The smallest absolute Gasteiger partial charge is 0.248 e. The van der Waals surface area contributed by atoms with Gasteiger partial charge in [-0.3, -0.25) is 19.5 Å². The number of ether oxygens (including phenoxy) is 1. The van der Waals surface area contributed by atoms with Crippen molar-refractivity contribution in [1.29, 1.82) is 0 Å². The first-order chi connectivity index (χ1) is 17.9. The number of nitrogens with one attached hydrogen (secondary N) is 1. The highest BCUT2D eigenvalue weighted by Crippen LogP contribution is 2.36. The Morgan fingerprint density at radius 2 is 1.89 bits per heavy atom. The molecule has 0 radical (unpaired) electrons. The molecule has 3 heterocycles. The number of carbonyl (C=O) groups is 2. The van der Waals surface area contributed by atoms with Gasteiger partial charge < -0.3 is 15.0 Å². The van der Waals surface area contributed by atoms with Crippen LogP contribution in [0.5, 0.6) is 0 Å². The van der Waals surface area contributed by atoms with E-state index in [4.69, 9.17) is 4.74 Å². The molecule has 1 N–H and O–H groups in total.